The summed E-state index contributed by atoms with van der Waals surface area (Å²) in [4.78, 5) is 0. The van der Waals surface area contributed by atoms with E-state index in [0.29, 0.717) is 12.6 Å². The lowest BCUT2D eigenvalue weighted by atomic mass is 10.0. The average molecular weight is 265 g/mol. The molecule has 0 saturated heterocycles. The normalized spacial score (nSPS) is 14.2. The predicted molar refractivity (Wildman–Crippen MR) is 79.9 cm³/mol. The Labute approximate surface area is 117 Å². The van der Waals surface area contributed by atoms with E-state index in [1.54, 1.807) is 7.11 Å². The number of hydrogen-bond donors (Lipinski definition) is 1. The van der Waals surface area contributed by atoms with E-state index in [4.69, 9.17) is 9.47 Å². The van der Waals surface area contributed by atoms with Crippen LogP contribution in [0.4, 0.5) is 0 Å². The number of nitrogens with one attached hydrogen (secondary N) is 1. The molecule has 2 unspecified atom stereocenters. The Bertz CT molecular complexity index is 379. The molecule has 1 aromatic carbocycles. The molecule has 108 valence electrons. The van der Waals surface area contributed by atoms with E-state index >= 15 is 0 Å². The minimum absolute atomic E-state index is 0.0592. The molecule has 0 radical (unpaired) electrons. The monoisotopic (exact) mass is 265 g/mol. The van der Waals surface area contributed by atoms with Crippen LogP contribution in [0.2, 0.25) is 0 Å². The van der Waals surface area contributed by atoms with Crippen LogP contribution >= 0.6 is 0 Å². The van der Waals surface area contributed by atoms with Gasteiger partial charge in [0.2, 0.25) is 0 Å². The second-order valence-electron chi connectivity index (χ2n) is 5.10. The molecule has 0 amide bonds. The van der Waals surface area contributed by atoms with Crippen molar-refractivity contribution in [3.8, 4) is 5.75 Å². The van der Waals surface area contributed by atoms with Gasteiger partial charge >= 0.3 is 0 Å². The van der Waals surface area contributed by atoms with E-state index in [0.717, 1.165) is 18.7 Å². The molecule has 0 aliphatic rings. The summed E-state index contributed by atoms with van der Waals surface area (Å²) in [5.41, 5.74) is 2.42. The van der Waals surface area contributed by atoms with Crippen molar-refractivity contribution in [2.75, 3.05) is 20.3 Å². The van der Waals surface area contributed by atoms with Crippen LogP contribution in [0, 0.1) is 6.92 Å². The molecule has 0 aliphatic heterocycles. The highest BCUT2D eigenvalue weighted by atomic mass is 16.5. The first-order valence-electron chi connectivity index (χ1n) is 7.08. The lowest BCUT2D eigenvalue weighted by Crippen LogP contribution is -2.23. The second-order valence-corrected chi connectivity index (χ2v) is 5.10. The van der Waals surface area contributed by atoms with Gasteiger partial charge in [0.15, 0.2) is 0 Å². The zero-order valence-electron chi connectivity index (χ0n) is 12.8. The van der Waals surface area contributed by atoms with Gasteiger partial charge in [-0.1, -0.05) is 19.1 Å². The molecule has 2 atom stereocenters. The molecule has 0 aromatic heterocycles. The van der Waals surface area contributed by atoms with E-state index in [1.165, 1.54) is 11.1 Å². The fraction of sp³-hybridized carbons (Fsp3) is 0.625. The third-order valence-electron chi connectivity index (χ3n) is 3.07. The average Bonchev–Trinajstić information content (AvgIpc) is 2.36. The van der Waals surface area contributed by atoms with Crippen LogP contribution in [0.1, 0.15) is 44.4 Å². The minimum Gasteiger partial charge on any atom is -0.488 e. The summed E-state index contributed by atoms with van der Waals surface area (Å²) in [5.74, 6) is 0.959. The van der Waals surface area contributed by atoms with Crippen molar-refractivity contribution in [3.05, 3.63) is 29.3 Å². The summed E-state index contributed by atoms with van der Waals surface area (Å²) in [6, 6.07) is 6.68. The van der Waals surface area contributed by atoms with Gasteiger partial charge in [0, 0.05) is 18.7 Å². The fourth-order valence-electron chi connectivity index (χ4n) is 2.06. The van der Waals surface area contributed by atoms with Gasteiger partial charge in [-0.15, -0.1) is 0 Å². The van der Waals surface area contributed by atoms with Crippen molar-refractivity contribution in [1.29, 1.82) is 0 Å². The largest absolute Gasteiger partial charge is 0.488 e. The number of hydrogen-bond acceptors (Lipinski definition) is 3. The van der Waals surface area contributed by atoms with Gasteiger partial charge in [-0.3, -0.25) is 0 Å². The molecule has 1 N–H and O–H groups in total. The Morgan fingerprint density at radius 2 is 2.00 bits per heavy atom. The Morgan fingerprint density at radius 3 is 2.63 bits per heavy atom. The predicted octanol–water partition coefficient (Wildman–Crippen LogP) is 3.47. The van der Waals surface area contributed by atoms with E-state index in [-0.39, 0.29) is 6.10 Å². The molecule has 1 aromatic rings. The smallest absolute Gasteiger partial charge is 0.124 e. The third-order valence-corrected chi connectivity index (χ3v) is 3.07. The van der Waals surface area contributed by atoms with Crippen molar-refractivity contribution in [2.24, 2.45) is 0 Å². The van der Waals surface area contributed by atoms with Gasteiger partial charge in [-0.05, 0) is 45.4 Å². The number of aryl methyl sites for hydroxylation is 1. The molecule has 0 saturated carbocycles. The van der Waals surface area contributed by atoms with Crippen LogP contribution in [0.3, 0.4) is 0 Å². The fourth-order valence-corrected chi connectivity index (χ4v) is 2.06. The third kappa shape index (κ3) is 5.21. The van der Waals surface area contributed by atoms with Gasteiger partial charge in [-0.2, -0.15) is 0 Å². The molecule has 3 heteroatoms. The van der Waals surface area contributed by atoms with Crippen molar-refractivity contribution in [1.82, 2.24) is 5.32 Å². The summed E-state index contributed by atoms with van der Waals surface area (Å²) < 4.78 is 11.1. The molecule has 0 aliphatic carbocycles. The number of benzene rings is 1. The van der Waals surface area contributed by atoms with E-state index in [2.05, 4.69) is 44.3 Å². The molecule has 0 bridgehead atoms. The molecular weight excluding hydrogens is 238 g/mol. The van der Waals surface area contributed by atoms with Crippen LogP contribution in [0.25, 0.3) is 0 Å². The number of ether oxygens (including phenoxy) is 2. The lowest BCUT2D eigenvalue weighted by molar-refractivity contribution is 0.0910. The quantitative estimate of drug-likeness (QED) is 0.780. The van der Waals surface area contributed by atoms with Gasteiger partial charge in [0.05, 0.1) is 6.61 Å². The van der Waals surface area contributed by atoms with Gasteiger partial charge in [0.1, 0.15) is 11.9 Å². The SMILES string of the molecule is CCCNC(C)c1ccc(C)cc1OC(C)COC. The summed E-state index contributed by atoms with van der Waals surface area (Å²) in [6.45, 7) is 10.1. The standard InChI is InChI=1S/C16H27NO2/c1-6-9-17-14(4)15-8-7-12(2)10-16(15)19-13(3)11-18-5/h7-8,10,13-14,17H,6,9,11H2,1-5H3. The topological polar surface area (TPSA) is 30.5 Å². The Morgan fingerprint density at radius 1 is 1.26 bits per heavy atom. The maximum atomic E-state index is 6.00. The Balaban J connectivity index is 2.84. The van der Waals surface area contributed by atoms with Crippen molar-refractivity contribution in [3.63, 3.8) is 0 Å². The number of methoxy groups -OCH3 is 1. The van der Waals surface area contributed by atoms with Crippen molar-refractivity contribution in [2.45, 2.75) is 46.3 Å². The van der Waals surface area contributed by atoms with Crippen LogP contribution in [-0.4, -0.2) is 26.4 Å². The minimum atomic E-state index is 0.0592. The lowest BCUT2D eigenvalue weighted by Gasteiger charge is -2.21. The summed E-state index contributed by atoms with van der Waals surface area (Å²) in [5, 5.41) is 3.50. The zero-order chi connectivity index (χ0) is 14.3. The van der Waals surface area contributed by atoms with Crippen molar-refractivity contribution < 1.29 is 9.47 Å². The van der Waals surface area contributed by atoms with E-state index < -0.39 is 0 Å². The molecule has 19 heavy (non-hydrogen) atoms. The number of rotatable bonds is 8. The first-order chi connectivity index (χ1) is 9.08. The summed E-state index contributed by atoms with van der Waals surface area (Å²) in [7, 11) is 1.70. The highest BCUT2D eigenvalue weighted by Gasteiger charge is 2.13. The van der Waals surface area contributed by atoms with Gasteiger partial charge in [-0.25, -0.2) is 0 Å². The van der Waals surface area contributed by atoms with Crippen molar-refractivity contribution >= 4 is 0 Å². The molecule has 0 spiro atoms. The second kappa shape index (κ2) is 8.18. The highest BCUT2D eigenvalue weighted by Crippen LogP contribution is 2.27. The molecule has 0 heterocycles. The van der Waals surface area contributed by atoms with E-state index in [9.17, 15) is 0 Å². The first kappa shape index (κ1) is 16.0. The molecular formula is C16H27NO2. The van der Waals surface area contributed by atoms with Gasteiger partial charge in [0.25, 0.3) is 0 Å². The summed E-state index contributed by atoms with van der Waals surface area (Å²) in [6.07, 6.45) is 1.19. The van der Waals surface area contributed by atoms with Crippen LogP contribution in [-0.2, 0) is 4.74 Å². The van der Waals surface area contributed by atoms with Crippen LogP contribution in [0.5, 0.6) is 5.75 Å². The zero-order valence-corrected chi connectivity index (χ0v) is 12.8. The maximum Gasteiger partial charge on any atom is 0.124 e. The van der Waals surface area contributed by atoms with Gasteiger partial charge < -0.3 is 14.8 Å². The summed E-state index contributed by atoms with van der Waals surface area (Å²) >= 11 is 0. The Hall–Kier alpha value is -1.06. The molecule has 3 nitrogen and oxygen atoms in total. The van der Waals surface area contributed by atoms with E-state index in [1.807, 2.05) is 6.92 Å². The molecule has 1 rings (SSSR count). The first-order valence-corrected chi connectivity index (χ1v) is 7.08. The Kier molecular flexibility index (Phi) is 6.89. The highest BCUT2D eigenvalue weighted by molar-refractivity contribution is 5.39. The molecule has 0 fully saturated rings. The van der Waals surface area contributed by atoms with Crippen LogP contribution < -0.4 is 10.1 Å². The van der Waals surface area contributed by atoms with Crippen LogP contribution in [0.15, 0.2) is 18.2 Å². The maximum absolute atomic E-state index is 6.00.